The largest absolute Gasteiger partial charge is 0.506 e. The molecule has 1 N–H and O–H groups in total. The monoisotopic (exact) mass is 333 g/mol. The molecule has 2 aromatic rings. The van der Waals surface area contributed by atoms with E-state index in [0.717, 1.165) is 5.56 Å². The molecule has 3 nitrogen and oxygen atoms in total. The van der Waals surface area contributed by atoms with Gasteiger partial charge in [-0.2, -0.15) is 0 Å². The van der Waals surface area contributed by atoms with E-state index in [9.17, 15) is 9.90 Å². The van der Waals surface area contributed by atoms with Gasteiger partial charge in [0.15, 0.2) is 5.78 Å². The van der Waals surface area contributed by atoms with Gasteiger partial charge in [-0.1, -0.05) is 74.5 Å². The lowest BCUT2D eigenvalue weighted by Crippen LogP contribution is -2.32. The van der Waals surface area contributed by atoms with Crippen molar-refractivity contribution in [3.05, 3.63) is 77.4 Å². The number of hydrogen-bond donors (Lipinski definition) is 1. The van der Waals surface area contributed by atoms with Crippen LogP contribution in [0, 0.1) is 5.41 Å². The van der Waals surface area contributed by atoms with E-state index < -0.39 is 0 Å². The van der Waals surface area contributed by atoms with Gasteiger partial charge in [-0.25, -0.2) is 0 Å². The normalized spacial score (nSPS) is 20.6. The number of Topliss-reactive ketones (excluding diaryl/α,β-unsaturated/α-hetero) is 1. The molecule has 1 aliphatic carbocycles. The quantitative estimate of drug-likeness (QED) is 0.636. The minimum atomic E-state index is -0.146. The summed E-state index contributed by atoms with van der Waals surface area (Å²) < 4.78 is 0. The fourth-order valence-electron chi connectivity index (χ4n) is 3.20. The fourth-order valence-corrected chi connectivity index (χ4v) is 3.20. The Hall–Kier alpha value is -2.68. The predicted molar refractivity (Wildman–Crippen MR) is 102 cm³/mol. The van der Waals surface area contributed by atoms with Gasteiger partial charge < -0.3 is 5.11 Å². The van der Waals surface area contributed by atoms with Crippen LogP contribution in [0.1, 0.15) is 37.8 Å². The molecule has 0 radical (unpaired) electrons. The second-order valence-electron chi connectivity index (χ2n) is 7.28. The first kappa shape index (κ1) is 17.2. The van der Waals surface area contributed by atoms with Crippen molar-refractivity contribution in [3.8, 4) is 0 Å². The molecule has 128 valence electrons. The van der Waals surface area contributed by atoms with Gasteiger partial charge in [-0.15, -0.1) is 0 Å². The van der Waals surface area contributed by atoms with E-state index in [1.54, 1.807) is 0 Å². The van der Waals surface area contributed by atoms with Crippen molar-refractivity contribution in [3.63, 3.8) is 0 Å². The molecule has 1 aliphatic rings. The summed E-state index contributed by atoms with van der Waals surface area (Å²) in [5.41, 5.74) is 2.67. The molecule has 1 saturated carbocycles. The van der Waals surface area contributed by atoms with Crippen LogP contribution in [-0.4, -0.2) is 16.6 Å². The summed E-state index contributed by atoms with van der Waals surface area (Å²) in [6, 6.07) is 19.2. The third kappa shape index (κ3) is 4.05. The molecule has 0 aromatic heterocycles. The highest BCUT2D eigenvalue weighted by molar-refractivity contribution is 6.28. The number of carbonyl (C=O) groups excluding carboxylic acids is 1. The average Bonchev–Trinajstić information content (AvgIpc) is 2.60. The summed E-state index contributed by atoms with van der Waals surface area (Å²) in [7, 11) is 0. The topological polar surface area (TPSA) is 49.7 Å². The molecule has 0 heterocycles. The zero-order valence-corrected chi connectivity index (χ0v) is 14.7. The molecule has 0 atom stereocenters. The van der Waals surface area contributed by atoms with E-state index in [1.165, 1.54) is 0 Å². The average molecular weight is 333 g/mol. The van der Waals surface area contributed by atoms with Gasteiger partial charge in [0, 0.05) is 12.0 Å². The van der Waals surface area contributed by atoms with Crippen molar-refractivity contribution < 1.29 is 9.90 Å². The van der Waals surface area contributed by atoms with Crippen LogP contribution in [0.2, 0.25) is 0 Å². The Morgan fingerprint density at radius 3 is 2.24 bits per heavy atom. The highest BCUT2D eigenvalue weighted by atomic mass is 16.3. The Kier molecular flexibility index (Phi) is 4.84. The second kappa shape index (κ2) is 7.06. The van der Waals surface area contributed by atoms with Gasteiger partial charge in [0.05, 0.1) is 17.8 Å². The van der Waals surface area contributed by atoms with Crippen molar-refractivity contribution in [1.82, 2.24) is 0 Å². The molecular weight excluding hydrogens is 310 g/mol. The van der Waals surface area contributed by atoms with Crippen LogP contribution < -0.4 is 0 Å². The third-order valence-corrected chi connectivity index (χ3v) is 4.43. The minimum absolute atomic E-state index is 0.0351. The van der Waals surface area contributed by atoms with Crippen molar-refractivity contribution in [2.45, 2.75) is 33.2 Å². The first-order chi connectivity index (χ1) is 12.0. The zero-order valence-electron chi connectivity index (χ0n) is 14.7. The number of carbonyl (C=O) groups is 1. The van der Waals surface area contributed by atoms with E-state index in [4.69, 9.17) is 4.99 Å². The van der Waals surface area contributed by atoms with Crippen molar-refractivity contribution in [2.24, 2.45) is 10.4 Å². The maximum absolute atomic E-state index is 12.7. The first-order valence-corrected chi connectivity index (χ1v) is 8.56. The molecule has 3 rings (SSSR count). The predicted octanol–water partition coefficient (Wildman–Crippen LogP) is 4.99. The third-order valence-electron chi connectivity index (χ3n) is 4.43. The van der Waals surface area contributed by atoms with Crippen molar-refractivity contribution in [2.75, 3.05) is 0 Å². The Bertz CT molecular complexity index is 818. The summed E-state index contributed by atoms with van der Waals surface area (Å²) in [6.45, 7) is 4.64. The van der Waals surface area contributed by atoms with E-state index in [-0.39, 0.29) is 17.0 Å². The van der Waals surface area contributed by atoms with Gasteiger partial charge in [0.25, 0.3) is 0 Å². The smallest absolute Gasteiger partial charge is 0.168 e. The van der Waals surface area contributed by atoms with Gasteiger partial charge in [-0.3, -0.25) is 9.79 Å². The Balaban J connectivity index is 2.02. The van der Waals surface area contributed by atoms with Crippen LogP contribution in [-0.2, 0) is 11.3 Å². The Morgan fingerprint density at radius 1 is 1.00 bits per heavy atom. The molecule has 0 amide bonds. The van der Waals surface area contributed by atoms with Crippen molar-refractivity contribution >= 4 is 17.3 Å². The maximum atomic E-state index is 12.7. The lowest BCUT2D eigenvalue weighted by atomic mass is 9.73. The van der Waals surface area contributed by atoms with Crippen molar-refractivity contribution in [1.29, 1.82) is 0 Å². The lowest BCUT2D eigenvalue weighted by molar-refractivity contribution is -0.117. The number of nitrogens with zero attached hydrogens (tertiary/aromatic N) is 1. The van der Waals surface area contributed by atoms with Gasteiger partial charge in [0.2, 0.25) is 0 Å². The Labute approximate surface area is 148 Å². The molecule has 0 unspecified atom stereocenters. The highest BCUT2D eigenvalue weighted by Gasteiger charge is 2.36. The zero-order chi connectivity index (χ0) is 17.9. The van der Waals surface area contributed by atoms with Crippen LogP contribution in [0.4, 0.5) is 0 Å². The van der Waals surface area contributed by atoms with Crippen LogP contribution >= 0.6 is 0 Å². The van der Waals surface area contributed by atoms with Gasteiger partial charge in [-0.05, 0) is 17.4 Å². The highest BCUT2D eigenvalue weighted by Crippen LogP contribution is 2.36. The fraction of sp³-hybridized carbons (Fsp3) is 0.273. The number of aliphatic imine (C=N–C) groups is 1. The van der Waals surface area contributed by atoms with E-state index >= 15 is 0 Å². The lowest BCUT2D eigenvalue weighted by Gasteiger charge is -2.31. The second-order valence-corrected chi connectivity index (χ2v) is 7.28. The van der Waals surface area contributed by atoms with Gasteiger partial charge in [0.1, 0.15) is 5.76 Å². The number of benzene rings is 2. The molecule has 0 saturated heterocycles. The molecule has 3 heteroatoms. The molecule has 0 spiro atoms. The van der Waals surface area contributed by atoms with Crippen LogP contribution in [0.15, 0.2) is 71.2 Å². The minimum Gasteiger partial charge on any atom is -0.506 e. The first-order valence-electron chi connectivity index (χ1n) is 8.56. The van der Waals surface area contributed by atoms with Crippen LogP contribution in [0.25, 0.3) is 5.76 Å². The van der Waals surface area contributed by atoms with E-state index in [0.29, 0.717) is 36.2 Å². The summed E-state index contributed by atoms with van der Waals surface area (Å²) >= 11 is 0. The number of rotatable bonds is 3. The molecule has 25 heavy (non-hydrogen) atoms. The Morgan fingerprint density at radius 2 is 1.60 bits per heavy atom. The SMILES string of the molecule is CC1(C)CC(=O)C(=C(O)c2ccccc2)C(=NCc2ccccc2)C1. The number of aliphatic hydroxyl groups is 1. The maximum Gasteiger partial charge on any atom is 0.168 e. The summed E-state index contributed by atoms with van der Waals surface area (Å²) in [4.78, 5) is 17.5. The molecular formula is C22H23NO2. The number of allylic oxidation sites excluding steroid dienone is 1. The number of hydrogen-bond acceptors (Lipinski definition) is 3. The standard InChI is InChI=1S/C22H23NO2/c1-22(2)13-18(23-15-16-9-5-3-6-10-16)20(19(24)14-22)21(25)17-11-7-4-8-12-17/h3-12,25H,13-15H2,1-2H3. The van der Waals surface area contributed by atoms with Crippen LogP contribution in [0.5, 0.6) is 0 Å². The molecule has 0 bridgehead atoms. The van der Waals surface area contributed by atoms with E-state index in [1.807, 2.05) is 60.7 Å². The summed E-state index contributed by atoms with van der Waals surface area (Å²) in [5.74, 6) is -0.00248. The van der Waals surface area contributed by atoms with Gasteiger partial charge >= 0.3 is 0 Å². The van der Waals surface area contributed by atoms with E-state index in [2.05, 4.69) is 13.8 Å². The number of ketones is 1. The van der Waals surface area contributed by atoms with Crippen LogP contribution in [0.3, 0.4) is 0 Å². The summed E-state index contributed by atoms with van der Waals surface area (Å²) in [6.07, 6.45) is 1.10. The molecule has 1 fully saturated rings. The number of aliphatic hydroxyl groups excluding tert-OH is 1. The molecule has 0 aliphatic heterocycles. The molecule has 2 aromatic carbocycles. The summed E-state index contributed by atoms with van der Waals surface area (Å²) in [5, 5.41) is 10.7.